The van der Waals surface area contributed by atoms with Crippen LogP contribution in [0, 0.1) is 10.1 Å². The second-order valence-corrected chi connectivity index (χ2v) is 4.26. The minimum atomic E-state index is -4.91. The fourth-order valence-corrected chi connectivity index (χ4v) is 1.91. The van der Waals surface area contributed by atoms with E-state index >= 15 is 0 Å². The number of benzene rings is 1. The maximum atomic E-state index is 12.9. The molecule has 0 amide bonds. The quantitative estimate of drug-likeness (QED) is 0.669. The molecule has 0 aliphatic carbocycles. The van der Waals surface area contributed by atoms with Crippen molar-refractivity contribution in [1.29, 1.82) is 0 Å². The number of ether oxygens (including phenoxy) is 1. The number of hydrogen-bond donors (Lipinski definition) is 1. The van der Waals surface area contributed by atoms with Crippen LogP contribution in [-0.4, -0.2) is 28.3 Å². The summed E-state index contributed by atoms with van der Waals surface area (Å²) in [5, 5.41) is 19.5. The van der Waals surface area contributed by atoms with Crippen LogP contribution in [0.2, 0.25) is 0 Å². The molecule has 0 radical (unpaired) electrons. The molecule has 21 heavy (non-hydrogen) atoms. The molecule has 1 aliphatic heterocycles. The smallest absolute Gasteiger partial charge is 0.429 e. The third kappa shape index (κ3) is 2.96. The van der Waals surface area contributed by atoms with Gasteiger partial charge in [0.2, 0.25) is 6.10 Å². The Morgan fingerprint density at radius 2 is 2.10 bits per heavy atom. The zero-order chi connectivity index (χ0) is 15.8. The number of carboxylic acids is 1. The maximum Gasteiger partial charge on any atom is 0.429 e. The van der Waals surface area contributed by atoms with Crippen LogP contribution in [0.4, 0.5) is 18.9 Å². The summed E-state index contributed by atoms with van der Waals surface area (Å²) in [6.45, 7) is 0. The predicted octanol–water partition coefficient (Wildman–Crippen LogP) is 2.47. The lowest BCUT2D eigenvalue weighted by molar-refractivity contribution is -0.384. The van der Waals surface area contributed by atoms with E-state index in [-0.39, 0.29) is 23.4 Å². The normalized spacial score (nSPS) is 18.0. The highest BCUT2D eigenvalue weighted by molar-refractivity contribution is 5.88. The van der Waals surface area contributed by atoms with E-state index in [0.29, 0.717) is 0 Å². The Kier molecular flexibility index (Phi) is 3.58. The molecule has 1 aromatic rings. The van der Waals surface area contributed by atoms with Crippen molar-refractivity contribution in [2.75, 3.05) is 0 Å². The molecule has 0 saturated heterocycles. The average Bonchev–Trinajstić information content (AvgIpc) is 2.56. The average molecular weight is 303 g/mol. The number of hydrogen-bond acceptors (Lipinski definition) is 4. The summed E-state index contributed by atoms with van der Waals surface area (Å²) in [6, 6.07) is 3.09. The first kappa shape index (κ1) is 14.8. The molecular weight excluding hydrogens is 295 g/mol. The lowest BCUT2D eigenvalue weighted by Gasteiger charge is -2.21. The van der Waals surface area contributed by atoms with E-state index in [1.54, 1.807) is 0 Å². The minimum absolute atomic E-state index is 0.120. The van der Waals surface area contributed by atoms with Crippen LogP contribution in [0.5, 0.6) is 5.75 Å². The number of halogens is 3. The predicted molar refractivity (Wildman–Crippen MR) is 63.0 cm³/mol. The van der Waals surface area contributed by atoms with Gasteiger partial charge in [-0.25, -0.2) is 4.79 Å². The Labute approximate surface area is 115 Å². The molecule has 6 nitrogen and oxygen atoms in total. The number of allylic oxidation sites excluding steroid dienone is 1. The van der Waals surface area contributed by atoms with Crippen molar-refractivity contribution in [2.24, 2.45) is 0 Å². The second-order valence-electron chi connectivity index (χ2n) is 4.26. The number of nitro benzene ring substituents is 1. The Hall–Kier alpha value is -2.58. The zero-order valence-electron chi connectivity index (χ0n) is 10.3. The monoisotopic (exact) mass is 303 g/mol. The lowest BCUT2D eigenvalue weighted by atomic mass is 10.1. The van der Waals surface area contributed by atoms with E-state index in [1.165, 1.54) is 0 Å². The molecule has 1 unspecified atom stereocenters. The first-order chi connectivity index (χ1) is 9.70. The molecule has 1 aliphatic rings. The fraction of sp³-hybridized carbons (Fsp3) is 0.250. The Morgan fingerprint density at radius 3 is 2.62 bits per heavy atom. The Morgan fingerprint density at radius 1 is 1.43 bits per heavy atom. The molecule has 1 N–H and O–H groups in total. The van der Waals surface area contributed by atoms with E-state index in [0.717, 1.165) is 24.3 Å². The molecule has 0 fully saturated rings. The molecule has 0 bridgehead atoms. The standard InChI is InChI=1S/C12H8F3NO5/c13-12(14,15)10-8(11(17)18)3-1-6-5-7(16(19)20)2-4-9(6)21-10/h2-5,10H,1H2,(H,17,18). The number of nitrogens with zero attached hydrogens (tertiary/aromatic N) is 1. The SMILES string of the molecule is O=C(O)C1=CCc2cc([N+](=O)[O-])ccc2OC1C(F)(F)F. The van der Waals surface area contributed by atoms with Crippen molar-refractivity contribution in [2.45, 2.75) is 18.7 Å². The van der Waals surface area contributed by atoms with E-state index in [9.17, 15) is 28.1 Å². The number of non-ortho nitro benzene ring substituents is 1. The van der Waals surface area contributed by atoms with E-state index in [1.807, 2.05) is 0 Å². The largest absolute Gasteiger partial charge is 0.478 e. The van der Waals surface area contributed by atoms with Crippen molar-refractivity contribution in [3.05, 3.63) is 45.5 Å². The van der Waals surface area contributed by atoms with Gasteiger partial charge in [0.05, 0.1) is 10.5 Å². The number of carbonyl (C=O) groups is 1. The van der Waals surface area contributed by atoms with Gasteiger partial charge in [0.15, 0.2) is 0 Å². The van der Waals surface area contributed by atoms with E-state index < -0.39 is 28.7 Å². The molecule has 1 aromatic carbocycles. The van der Waals surface area contributed by atoms with Gasteiger partial charge >= 0.3 is 12.1 Å². The van der Waals surface area contributed by atoms with Crippen LogP contribution >= 0.6 is 0 Å². The molecule has 0 spiro atoms. The zero-order valence-corrected chi connectivity index (χ0v) is 10.3. The van der Waals surface area contributed by atoms with Crippen LogP contribution in [0.15, 0.2) is 29.8 Å². The van der Waals surface area contributed by atoms with Crippen molar-refractivity contribution in [3.8, 4) is 5.75 Å². The molecule has 0 aromatic heterocycles. The van der Waals surface area contributed by atoms with Gasteiger partial charge in [0.25, 0.3) is 5.69 Å². The molecule has 2 rings (SSSR count). The summed E-state index contributed by atoms with van der Waals surface area (Å²) in [5.74, 6) is -1.98. The number of fused-ring (bicyclic) bond motifs is 1. The lowest BCUT2D eigenvalue weighted by Crippen LogP contribution is -2.38. The van der Waals surface area contributed by atoms with Crippen molar-refractivity contribution < 1.29 is 32.7 Å². The van der Waals surface area contributed by atoms with Crippen LogP contribution < -0.4 is 4.74 Å². The maximum absolute atomic E-state index is 12.9. The number of carboxylic acid groups (broad SMARTS) is 1. The molecular formula is C12H8F3NO5. The fourth-order valence-electron chi connectivity index (χ4n) is 1.91. The van der Waals surface area contributed by atoms with Gasteiger partial charge in [0, 0.05) is 17.7 Å². The van der Waals surface area contributed by atoms with E-state index in [4.69, 9.17) is 9.84 Å². The van der Waals surface area contributed by atoms with Gasteiger partial charge < -0.3 is 9.84 Å². The highest BCUT2D eigenvalue weighted by Gasteiger charge is 2.47. The molecule has 112 valence electrons. The van der Waals surface area contributed by atoms with Crippen LogP contribution in [0.3, 0.4) is 0 Å². The summed E-state index contributed by atoms with van der Waals surface area (Å²) in [5.41, 5.74) is -1.14. The summed E-state index contributed by atoms with van der Waals surface area (Å²) in [6.07, 6.45) is -6.87. The highest BCUT2D eigenvalue weighted by Crippen LogP contribution is 2.35. The number of alkyl halides is 3. The van der Waals surface area contributed by atoms with Crippen molar-refractivity contribution >= 4 is 11.7 Å². The summed E-state index contributed by atoms with van der Waals surface area (Å²) in [7, 11) is 0. The van der Waals surface area contributed by atoms with E-state index in [2.05, 4.69) is 0 Å². The number of aliphatic carboxylic acids is 1. The molecule has 1 heterocycles. The number of rotatable bonds is 2. The van der Waals surface area contributed by atoms with Crippen LogP contribution in [0.1, 0.15) is 5.56 Å². The second kappa shape index (κ2) is 5.08. The Balaban J connectivity index is 2.49. The highest BCUT2D eigenvalue weighted by atomic mass is 19.4. The van der Waals surface area contributed by atoms with Crippen LogP contribution in [-0.2, 0) is 11.2 Å². The van der Waals surface area contributed by atoms with Crippen LogP contribution in [0.25, 0.3) is 0 Å². The minimum Gasteiger partial charge on any atom is -0.478 e. The molecule has 0 saturated carbocycles. The van der Waals surface area contributed by atoms with Crippen molar-refractivity contribution in [3.63, 3.8) is 0 Å². The first-order valence-electron chi connectivity index (χ1n) is 5.64. The van der Waals surface area contributed by atoms with Gasteiger partial charge in [-0.3, -0.25) is 10.1 Å². The van der Waals surface area contributed by atoms with Gasteiger partial charge in [-0.05, 0) is 12.5 Å². The topological polar surface area (TPSA) is 89.7 Å². The van der Waals surface area contributed by atoms with Gasteiger partial charge in [-0.1, -0.05) is 6.08 Å². The Bertz CT molecular complexity index is 638. The van der Waals surface area contributed by atoms with Gasteiger partial charge in [0.1, 0.15) is 5.75 Å². The van der Waals surface area contributed by atoms with Gasteiger partial charge in [-0.2, -0.15) is 13.2 Å². The summed E-state index contributed by atoms with van der Waals surface area (Å²) in [4.78, 5) is 20.9. The molecule has 1 atom stereocenters. The van der Waals surface area contributed by atoms with Gasteiger partial charge in [-0.15, -0.1) is 0 Å². The van der Waals surface area contributed by atoms with Crippen molar-refractivity contribution in [1.82, 2.24) is 0 Å². The summed E-state index contributed by atoms with van der Waals surface area (Å²) < 4.78 is 43.4. The number of nitro groups is 1. The first-order valence-corrected chi connectivity index (χ1v) is 5.64. The third-order valence-corrected chi connectivity index (χ3v) is 2.87. The molecule has 9 heteroatoms. The third-order valence-electron chi connectivity index (χ3n) is 2.87. The summed E-state index contributed by atoms with van der Waals surface area (Å²) >= 11 is 0.